The van der Waals surface area contributed by atoms with Gasteiger partial charge in [0.25, 0.3) is 0 Å². The van der Waals surface area contributed by atoms with Gasteiger partial charge in [-0.2, -0.15) is 0 Å². The van der Waals surface area contributed by atoms with Crippen LogP contribution in [0.2, 0.25) is 0 Å². The first-order valence-corrected chi connectivity index (χ1v) is 12.0. The zero-order valence-electron chi connectivity index (χ0n) is 17.9. The molecule has 0 radical (unpaired) electrons. The number of halogens is 1. The maximum absolute atomic E-state index is 12.5. The number of rotatable bonds is 7. The SMILES string of the molecule is Cc1ccc(-n2c(Cc3ccccc3)nnc2SCC(=O)Nc2ccc(Br)cc2)cc1C. The van der Waals surface area contributed by atoms with Crippen LogP contribution in [0.25, 0.3) is 5.69 Å². The molecule has 1 amide bonds. The summed E-state index contributed by atoms with van der Waals surface area (Å²) in [4.78, 5) is 12.5. The number of anilines is 1. The summed E-state index contributed by atoms with van der Waals surface area (Å²) >= 11 is 4.79. The van der Waals surface area contributed by atoms with E-state index in [2.05, 4.69) is 80.2 Å². The summed E-state index contributed by atoms with van der Waals surface area (Å²) in [6.45, 7) is 4.19. The van der Waals surface area contributed by atoms with Gasteiger partial charge in [-0.25, -0.2) is 0 Å². The first-order chi connectivity index (χ1) is 15.5. The van der Waals surface area contributed by atoms with Gasteiger partial charge in [0.1, 0.15) is 5.82 Å². The molecule has 0 aliphatic rings. The quantitative estimate of drug-likeness (QED) is 0.313. The van der Waals surface area contributed by atoms with Crippen LogP contribution in [0.5, 0.6) is 0 Å². The van der Waals surface area contributed by atoms with E-state index in [1.807, 2.05) is 42.5 Å². The van der Waals surface area contributed by atoms with Crippen LogP contribution in [0.4, 0.5) is 5.69 Å². The molecule has 3 aromatic carbocycles. The number of carbonyl (C=O) groups is 1. The van der Waals surface area contributed by atoms with Crippen LogP contribution in [0.3, 0.4) is 0 Å². The van der Waals surface area contributed by atoms with E-state index in [9.17, 15) is 4.79 Å². The van der Waals surface area contributed by atoms with Crippen molar-refractivity contribution >= 4 is 39.3 Å². The van der Waals surface area contributed by atoms with Crippen LogP contribution < -0.4 is 5.32 Å². The van der Waals surface area contributed by atoms with Crippen LogP contribution in [0.15, 0.2) is 82.4 Å². The van der Waals surface area contributed by atoms with Gasteiger partial charge in [-0.15, -0.1) is 10.2 Å². The molecule has 5 nitrogen and oxygen atoms in total. The minimum absolute atomic E-state index is 0.0865. The van der Waals surface area contributed by atoms with Crippen molar-refractivity contribution in [1.29, 1.82) is 0 Å². The molecule has 1 N–H and O–H groups in total. The molecule has 7 heteroatoms. The summed E-state index contributed by atoms with van der Waals surface area (Å²) in [7, 11) is 0. The second kappa shape index (κ2) is 10.1. The second-order valence-electron chi connectivity index (χ2n) is 7.51. The zero-order chi connectivity index (χ0) is 22.5. The fourth-order valence-corrected chi connectivity index (χ4v) is 4.31. The summed E-state index contributed by atoms with van der Waals surface area (Å²) in [6.07, 6.45) is 0.659. The first kappa shape index (κ1) is 22.3. The van der Waals surface area contributed by atoms with E-state index in [4.69, 9.17) is 0 Å². The fourth-order valence-electron chi connectivity index (χ4n) is 3.27. The van der Waals surface area contributed by atoms with Gasteiger partial charge in [-0.05, 0) is 66.9 Å². The minimum Gasteiger partial charge on any atom is -0.325 e. The lowest BCUT2D eigenvalue weighted by molar-refractivity contribution is -0.113. The Hall–Kier alpha value is -2.90. The van der Waals surface area contributed by atoms with Crippen molar-refractivity contribution in [3.05, 3.63) is 99.8 Å². The van der Waals surface area contributed by atoms with Gasteiger partial charge >= 0.3 is 0 Å². The number of nitrogens with zero attached hydrogens (tertiary/aromatic N) is 3. The Morgan fingerprint density at radius 1 is 0.969 bits per heavy atom. The maximum atomic E-state index is 12.5. The molecule has 0 aliphatic carbocycles. The number of carbonyl (C=O) groups excluding carboxylic acids is 1. The number of nitrogens with one attached hydrogen (secondary N) is 1. The summed E-state index contributed by atoms with van der Waals surface area (Å²) in [6, 6.07) is 24.0. The Kier molecular flexibility index (Phi) is 7.07. The number of hydrogen-bond donors (Lipinski definition) is 1. The molecule has 0 aliphatic heterocycles. The second-order valence-corrected chi connectivity index (χ2v) is 9.37. The lowest BCUT2D eigenvalue weighted by Crippen LogP contribution is -2.14. The molecule has 0 fully saturated rings. The maximum Gasteiger partial charge on any atom is 0.234 e. The van der Waals surface area contributed by atoms with Crippen molar-refractivity contribution < 1.29 is 4.79 Å². The molecule has 4 aromatic rings. The Bertz CT molecular complexity index is 1220. The van der Waals surface area contributed by atoms with Crippen LogP contribution in [0.1, 0.15) is 22.5 Å². The molecule has 4 rings (SSSR count). The molecule has 0 saturated carbocycles. The lowest BCUT2D eigenvalue weighted by Gasteiger charge is -2.12. The summed E-state index contributed by atoms with van der Waals surface area (Å²) in [5.74, 6) is 0.997. The van der Waals surface area contributed by atoms with E-state index in [0.717, 1.165) is 27.2 Å². The van der Waals surface area contributed by atoms with E-state index in [1.165, 1.54) is 22.9 Å². The van der Waals surface area contributed by atoms with Gasteiger partial charge in [0, 0.05) is 22.3 Å². The third kappa shape index (κ3) is 5.47. The van der Waals surface area contributed by atoms with Gasteiger partial charge < -0.3 is 5.32 Å². The molecular formula is C25H23BrN4OS. The third-order valence-corrected chi connectivity index (χ3v) is 6.57. The number of hydrogen-bond acceptors (Lipinski definition) is 4. The van der Waals surface area contributed by atoms with Crippen molar-refractivity contribution in [2.24, 2.45) is 0 Å². The normalized spacial score (nSPS) is 10.8. The van der Waals surface area contributed by atoms with E-state index >= 15 is 0 Å². The van der Waals surface area contributed by atoms with Gasteiger partial charge in [0.2, 0.25) is 5.91 Å². The molecular weight excluding hydrogens is 484 g/mol. The Morgan fingerprint density at radius 3 is 2.44 bits per heavy atom. The van der Waals surface area contributed by atoms with E-state index < -0.39 is 0 Å². The molecule has 0 saturated heterocycles. The molecule has 0 atom stereocenters. The van der Waals surface area contributed by atoms with E-state index in [1.54, 1.807) is 0 Å². The fraction of sp³-hybridized carbons (Fsp3) is 0.160. The van der Waals surface area contributed by atoms with Crippen LogP contribution >= 0.6 is 27.7 Å². The summed E-state index contributed by atoms with van der Waals surface area (Å²) in [5, 5.41) is 12.5. The first-order valence-electron chi connectivity index (χ1n) is 10.2. The highest BCUT2D eigenvalue weighted by Gasteiger charge is 2.17. The predicted molar refractivity (Wildman–Crippen MR) is 134 cm³/mol. The molecule has 0 unspecified atom stereocenters. The molecule has 162 valence electrons. The molecule has 1 aromatic heterocycles. The number of thioether (sulfide) groups is 1. The van der Waals surface area contributed by atoms with Gasteiger partial charge in [-0.1, -0.05) is 64.1 Å². The number of amides is 1. The van der Waals surface area contributed by atoms with Crippen molar-refractivity contribution in [3.63, 3.8) is 0 Å². The van der Waals surface area contributed by atoms with Crippen molar-refractivity contribution in [3.8, 4) is 5.69 Å². The predicted octanol–water partition coefficient (Wildman–Crippen LogP) is 5.97. The van der Waals surface area contributed by atoms with Crippen LogP contribution in [0, 0.1) is 13.8 Å². The Morgan fingerprint density at radius 2 is 1.72 bits per heavy atom. The van der Waals surface area contributed by atoms with Gasteiger partial charge in [-0.3, -0.25) is 9.36 Å². The van der Waals surface area contributed by atoms with Crippen molar-refractivity contribution in [2.75, 3.05) is 11.1 Å². The highest BCUT2D eigenvalue weighted by molar-refractivity contribution is 9.10. The lowest BCUT2D eigenvalue weighted by atomic mass is 10.1. The topological polar surface area (TPSA) is 59.8 Å². The zero-order valence-corrected chi connectivity index (χ0v) is 20.3. The van der Waals surface area contributed by atoms with Crippen LogP contribution in [-0.4, -0.2) is 26.4 Å². The molecule has 0 bridgehead atoms. The van der Waals surface area contributed by atoms with Crippen molar-refractivity contribution in [1.82, 2.24) is 14.8 Å². The monoisotopic (exact) mass is 506 g/mol. The molecule has 1 heterocycles. The number of aromatic nitrogens is 3. The third-order valence-electron chi connectivity index (χ3n) is 5.11. The van der Waals surface area contributed by atoms with E-state index in [-0.39, 0.29) is 11.7 Å². The summed E-state index contributed by atoms with van der Waals surface area (Å²) in [5.41, 5.74) is 5.36. The smallest absolute Gasteiger partial charge is 0.234 e. The number of aryl methyl sites for hydroxylation is 2. The highest BCUT2D eigenvalue weighted by atomic mass is 79.9. The molecule has 32 heavy (non-hydrogen) atoms. The van der Waals surface area contributed by atoms with Crippen molar-refractivity contribution in [2.45, 2.75) is 25.4 Å². The Balaban J connectivity index is 1.57. The highest BCUT2D eigenvalue weighted by Crippen LogP contribution is 2.25. The number of benzene rings is 3. The minimum atomic E-state index is -0.0865. The Labute approximate surface area is 200 Å². The molecule has 0 spiro atoms. The van der Waals surface area contributed by atoms with E-state index in [0.29, 0.717) is 11.6 Å². The average molecular weight is 507 g/mol. The van der Waals surface area contributed by atoms with Gasteiger partial charge in [0.05, 0.1) is 5.75 Å². The van der Waals surface area contributed by atoms with Crippen LogP contribution in [-0.2, 0) is 11.2 Å². The summed E-state index contributed by atoms with van der Waals surface area (Å²) < 4.78 is 3.02. The largest absolute Gasteiger partial charge is 0.325 e. The van der Waals surface area contributed by atoms with Gasteiger partial charge in [0.15, 0.2) is 5.16 Å². The average Bonchev–Trinajstić information content (AvgIpc) is 3.19. The standard InChI is InChI=1S/C25H23BrN4OS/c1-17-8-13-22(14-18(17)2)30-23(15-19-6-4-3-5-7-19)28-29-25(30)32-16-24(31)27-21-11-9-20(26)10-12-21/h3-14H,15-16H2,1-2H3,(H,27,31).